The monoisotopic (exact) mass is 604 g/mol. The number of hydrogen-bond acceptors (Lipinski definition) is 6. The molecule has 1 aliphatic carbocycles. The van der Waals surface area contributed by atoms with Gasteiger partial charge in [-0.3, -0.25) is 9.59 Å². The molecule has 11 heteroatoms. The highest BCUT2D eigenvalue weighted by Crippen LogP contribution is 2.54. The van der Waals surface area contributed by atoms with E-state index in [2.05, 4.69) is 27.4 Å². The van der Waals surface area contributed by atoms with Crippen LogP contribution in [0.4, 0.5) is 19.0 Å². The van der Waals surface area contributed by atoms with Crippen molar-refractivity contribution in [3.05, 3.63) is 82.1 Å². The lowest BCUT2D eigenvalue weighted by atomic mass is 9.96. The molecule has 2 fully saturated rings. The first-order chi connectivity index (χ1) is 21.2. The van der Waals surface area contributed by atoms with E-state index in [4.69, 9.17) is 9.47 Å². The van der Waals surface area contributed by atoms with Gasteiger partial charge in [-0.15, -0.1) is 0 Å². The van der Waals surface area contributed by atoms with Gasteiger partial charge < -0.3 is 25.0 Å². The molecule has 0 radical (unpaired) electrons. The van der Waals surface area contributed by atoms with Crippen molar-refractivity contribution in [1.29, 1.82) is 0 Å². The molecule has 1 saturated heterocycles. The van der Waals surface area contributed by atoms with Gasteiger partial charge in [-0.1, -0.05) is 24.6 Å². The van der Waals surface area contributed by atoms with E-state index in [1.807, 2.05) is 6.07 Å². The molecule has 3 atom stereocenters. The summed E-state index contributed by atoms with van der Waals surface area (Å²) in [6.07, 6.45) is 0.635. The number of anilines is 1. The summed E-state index contributed by atoms with van der Waals surface area (Å²) in [6.45, 7) is 4.66. The molecule has 3 aromatic rings. The molecule has 7 rings (SSSR count). The zero-order valence-corrected chi connectivity index (χ0v) is 24.0. The maximum absolute atomic E-state index is 14.1. The Bertz CT molecular complexity index is 1680. The SMILES string of the molecule is CCN1CCC(=Cc2ccc(C(=O)NC3[C@H]4Oc5ccc(Oc6ccnc7c6CCC(=O)N7)cc5[C@@H]34)cc2C(F)(F)F)CC1. The van der Waals surface area contributed by atoms with Gasteiger partial charge in [-0.2, -0.15) is 13.2 Å². The summed E-state index contributed by atoms with van der Waals surface area (Å²) in [5.74, 6) is 1.53. The number of alkyl halides is 3. The molecule has 1 saturated carbocycles. The van der Waals surface area contributed by atoms with E-state index >= 15 is 0 Å². The zero-order valence-electron chi connectivity index (χ0n) is 24.0. The lowest BCUT2D eigenvalue weighted by Crippen LogP contribution is -2.30. The second-order valence-electron chi connectivity index (χ2n) is 11.6. The van der Waals surface area contributed by atoms with Crippen LogP contribution in [0.25, 0.3) is 6.08 Å². The van der Waals surface area contributed by atoms with Gasteiger partial charge in [-0.05, 0) is 67.8 Å². The van der Waals surface area contributed by atoms with Gasteiger partial charge in [0.1, 0.15) is 29.2 Å². The molecule has 4 heterocycles. The number of halogens is 3. The molecule has 2 N–H and O–H groups in total. The fraction of sp³-hybridized carbons (Fsp3) is 0.364. The Hall–Kier alpha value is -4.38. The van der Waals surface area contributed by atoms with Crippen molar-refractivity contribution in [3.8, 4) is 17.2 Å². The second-order valence-corrected chi connectivity index (χ2v) is 11.6. The molecular weight excluding hydrogens is 573 g/mol. The van der Waals surface area contributed by atoms with Crippen LogP contribution in [-0.2, 0) is 17.4 Å². The largest absolute Gasteiger partial charge is 0.487 e. The quantitative estimate of drug-likeness (QED) is 0.362. The number of nitrogens with one attached hydrogen (secondary N) is 2. The van der Waals surface area contributed by atoms with Crippen molar-refractivity contribution in [3.63, 3.8) is 0 Å². The lowest BCUT2D eigenvalue weighted by Gasteiger charge is -2.27. The van der Waals surface area contributed by atoms with Gasteiger partial charge in [-0.25, -0.2) is 4.98 Å². The van der Waals surface area contributed by atoms with E-state index in [1.54, 1.807) is 30.5 Å². The molecule has 4 aliphatic rings. The summed E-state index contributed by atoms with van der Waals surface area (Å²) in [4.78, 5) is 31.4. The molecule has 1 unspecified atom stereocenters. The highest BCUT2D eigenvalue weighted by molar-refractivity contribution is 5.95. The standard InChI is InChI=1S/C33H31F3N4O4/c1-2-40-13-10-18(11-14-40)15-19-3-4-20(16-24(19)33(34,35)36)32(42)39-29-28-23-17-21(5-7-25(23)44-30(28)29)43-26-9-12-37-31-22(26)6-8-27(41)38-31/h3-5,7,9,12,15-17,28-30H,2,6,8,10-11,13-14H2,1H3,(H,39,42)(H,37,38,41)/t28-,29?,30-/m0/s1. The summed E-state index contributed by atoms with van der Waals surface area (Å²) < 4.78 is 54.4. The summed E-state index contributed by atoms with van der Waals surface area (Å²) in [5, 5.41) is 5.63. The second kappa shape index (κ2) is 11.0. The average Bonchev–Trinajstić information content (AvgIpc) is 3.53. The molecule has 3 aliphatic heterocycles. The lowest BCUT2D eigenvalue weighted by molar-refractivity contribution is -0.137. The van der Waals surface area contributed by atoms with Gasteiger partial charge in [0.25, 0.3) is 5.91 Å². The van der Waals surface area contributed by atoms with Crippen LogP contribution in [0, 0.1) is 0 Å². The van der Waals surface area contributed by atoms with Crippen LogP contribution in [0.15, 0.2) is 54.2 Å². The molecule has 8 nitrogen and oxygen atoms in total. The first-order valence-corrected chi connectivity index (χ1v) is 14.9. The third-order valence-corrected chi connectivity index (χ3v) is 8.88. The molecule has 2 aromatic carbocycles. The Balaban J connectivity index is 1.05. The normalized spacial score (nSPS) is 22.2. The number of piperidine rings is 1. The minimum absolute atomic E-state index is 0.0443. The van der Waals surface area contributed by atoms with Crippen LogP contribution in [0.2, 0.25) is 0 Å². The van der Waals surface area contributed by atoms with E-state index in [-0.39, 0.29) is 35.1 Å². The highest BCUT2D eigenvalue weighted by atomic mass is 19.4. The number of carbonyl (C=O) groups is 2. The molecule has 0 spiro atoms. The summed E-state index contributed by atoms with van der Waals surface area (Å²) in [6, 6.07) is 10.6. The number of pyridine rings is 1. The van der Waals surface area contributed by atoms with Gasteiger partial charge >= 0.3 is 6.18 Å². The first-order valence-electron chi connectivity index (χ1n) is 14.9. The van der Waals surface area contributed by atoms with E-state index in [9.17, 15) is 22.8 Å². The van der Waals surface area contributed by atoms with Gasteiger partial charge in [0.15, 0.2) is 0 Å². The highest BCUT2D eigenvalue weighted by Gasteiger charge is 2.59. The van der Waals surface area contributed by atoms with Gasteiger partial charge in [0, 0.05) is 42.4 Å². The minimum Gasteiger partial charge on any atom is -0.487 e. The van der Waals surface area contributed by atoms with E-state index in [1.165, 1.54) is 12.1 Å². The third kappa shape index (κ3) is 5.40. The Morgan fingerprint density at radius 1 is 1.14 bits per heavy atom. The molecule has 2 amide bonds. The molecule has 228 valence electrons. The van der Waals surface area contributed by atoms with E-state index < -0.39 is 17.6 Å². The first kappa shape index (κ1) is 28.4. The number of likely N-dealkylation sites (tertiary alicyclic amines) is 1. The predicted octanol–water partition coefficient (Wildman–Crippen LogP) is 5.93. The number of ether oxygens (including phenoxy) is 2. The Kier molecular flexibility index (Phi) is 7.07. The summed E-state index contributed by atoms with van der Waals surface area (Å²) >= 11 is 0. The van der Waals surface area contributed by atoms with Crippen molar-refractivity contribution < 1.29 is 32.2 Å². The fourth-order valence-electron chi connectivity index (χ4n) is 6.38. The zero-order chi connectivity index (χ0) is 30.6. The van der Waals surface area contributed by atoms with Crippen LogP contribution >= 0.6 is 0 Å². The van der Waals surface area contributed by atoms with Gasteiger partial charge in [0.05, 0.1) is 17.5 Å². The fourth-order valence-corrected chi connectivity index (χ4v) is 6.38. The van der Waals surface area contributed by atoms with Crippen LogP contribution in [0.5, 0.6) is 17.2 Å². The van der Waals surface area contributed by atoms with Crippen LogP contribution < -0.4 is 20.1 Å². The molecule has 0 bridgehead atoms. The van der Waals surface area contributed by atoms with Gasteiger partial charge in [0.2, 0.25) is 5.91 Å². The average molecular weight is 605 g/mol. The number of amides is 2. The third-order valence-electron chi connectivity index (χ3n) is 8.88. The Morgan fingerprint density at radius 3 is 2.73 bits per heavy atom. The summed E-state index contributed by atoms with van der Waals surface area (Å²) in [5.41, 5.74) is 1.89. The van der Waals surface area contributed by atoms with Crippen LogP contribution in [-0.4, -0.2) is 53.5 Å². The topological polar surface area (TPSA) is 92.8 Å². The number of fused-ring (bicyclic) bond motifs is 4. The van der Waals surface area contributed by atoms with Crippen molar-refractivity contribution in [2.24, 2.45) is 0 Å². The Labute approximate surface area is 252 Å². The van der Waals surface area contributed by atoms with E-state index in [0.29, 0.717) is 35.9 Å². The van der Waals surface area contributed by atoms with Crippen molar-refractivity contribution in [2.75, 3.05) is 25.0 Å². The maximum Gasteiger partial charge on any atom is 0.417 e. The number of benzene rings is 2. The molecule has 44 heavy (non-hydrogen) atoms. The number of rotatable bonds is 6. The number of hydrogen-bond donors (Lipinski definition) is 2. The van der Waals surface area contributed by atoms with Crippen LogP contribution in [0.3, 0.4) is 0 Å². The number of aromatic nitrogens is 1. The molecular formula is C33H31F3N4O4. The molecule has 1 aromatic heterocycles. The van der Waals surface area contributed by atoms with Crippen LogP contribution in [0.1, 0.15) is 64.7 Å². The summed E-state index contributed by atoms with van der Waals surface area (Å²) in [7, 11) is 0. The number of nitrogens with zero attached hydrogens (tertiary/aromatic N) is 2. The van der Waals surface area contributed by atoms with E-state index in [0.717, 1.165) is 55.2 Å². The Morgan fingerprint density at radius 2 is 1.95 bits per heavy atom. The maximum atomic E-state index is 14.1. The smallest absolute Gasteiger partial charge is 0.417 e. The predicted molar refractivity (Wildman–Crippen MR) is 157 cm³/mol. The van der Waals surface area contributed by atoms with Crippen molar-refractivity contribution in [1.82, 2.24) is 15.2 Å². The number of carbonyl (C=O) groups excluding carboxylic acids is 2. The van der Waals surface area contributed by atoms with Crippen molar-refractivity contribution >= 4 is 23.7 Å². The van der Waals surface area contributed by atoms with Crippen molar-refractivity contribution in [2.45, 2.75) is 56.8 Å². The minimum atomic E-state index is -4.60.